The summed E-state index contributed by atoms with van der Waals surface area (Å²) in [5.74, 6) is 1.66. The number of nitrogens with zero attached hydrogens (tertiary/aromatic N) is 3. The molecule has 0 radical (unpaired) electrons. The molecule has 1 unspecified atom stereocenters. The average molecular weight is 273 g/mol. The van der Waals surface area contributed by atoms with Gasteiger partial charge in [0.1, 0.15) is 0 Å². The first-order valence-electron chi connectivity index (χ1n) is 6.97. The molecular formula is C15H19N3O2. The van der Waals surface area contributed by atoms with E-state index in [1.54, 1.807) is 0 Å². The molecule has 5 nitrogen and oxygen atoms in total. The molecule has 2 heterocycles. The van der Waals surface area contributed by atoms with Crippen molar-refractivity contribution in [2.24, 2.45) is 5.92 Å². The molecule has 106 valence electrons. The molecule has 1 aromatic carbocycles. The average Bonchev–Trinajstić information content (AvgIpc) is 3.08. The topological polar surface area (TPSA) is 62.4 Å². The summed E-state index contributed by atoms with van der Waals surface area (Å²) in [5, 5.41) is 13.2. The number of hydrogen-bond donors (Lipinski definition) is 1. The Morgan fingerprint density at radius 1 is 1.45 bits per heavy atom. The zero-order valence-electron chi connectivity index (χ0n) is 11.6. The van der Waals surface area contributed by atoms with Crippen LogP contribution in [0, 0.1) is 12.8 Å². The second-order valence-corrected chi connectivity index (χ2v) is 5.45. The number of likely N-dealkylation sites (tertiary alicyclic amines) is 1. The van der Waals surface area contributed by atoms with Crippen molar-refractivity contribution < 1.29 is 9.63 Å². The number of hydrogen-bond acceptors (Lipinski definition) is 5. The van der Waals surface area contributed by atoms with Crippen molar-refractivity contribution in [3.8, 4) is 11.4 Å². The highest BCUT2D eigenvalue weighted by Gasteiger charge is 2.23. The van der Waals surface area contributed by atoms with Gasteiger partial charge in [0, 0.05) is 18.7 Å². The van der Waals surface area contributed by atoms with Crippen LogP contribution >= 0.6 is 0 Å². The Morgan fingerprint density at radius 2 is 2.35 bits per heavy atom. The minimum atomic E-state index is 0.259. The van der Waals surface area contributed by atoms with E-state index in [0.29, 0.717) is 24.2 Å². The molecule has 0 bridgehead atoms. The smallest absolute Gasteiger partial charge is 0.241 e. The lowest BCUT2D eigenvalue weighted by Crippen LogP contribution is -2.21. The monoisotopic (exact) mass is 273 g/mol. The zero-order chi connectivity index (χ0) is 13.9. The van der Waals surface area contributed by atoms with Gasteiger partial charge in [-0.15, -0.1) is 0 Å². The molecule has 1 atom stereocenters. The molecule has 0 spiro atoms. The number of aliphatic hydroxyl groups is 1. The summed E-state index contributed by atoms with van der Waals surface area (Å²) < 4.78 is 5.32. The van der Waals surface area contributed by atoms with Crippen LogP contribution in [0.2, 0.25) is 0 Å². The minimum absolute atomic E-state index is 0.259. The molecular weight excluding hydrogens is 254 g/mol. The van der Waals surface area contributed by atoms with Crippen LogP contribution in [0.15, 0.2) is 28.8 Å². The summed E-state index contributed by atoms with van der Waals surface area (Å²) in [6.45, 7) is 4.85. The fourth-order valence-electron chi connectivity index (χ4n) is 2.62. The van der Waals surface area contributed by atoms with E-state index in [-0.39, 0.29) is 6.61 Å². The molecule has 2 aromatic rings. The molecule has 5 heteroatoms. The number of aromatic nitrogens is 2. The molecule has 1 aromatic heterocycles. The highest BCUT2D eigenvalue weighted by atomic mass is 16.5. The maximum atomic E-state index is 9.15. The SMILES string of the molecule is Cc1cccc(-c2noc(CN3CCC(CO)C3)n2)c1. The van der Waals surface area contributed by atoms with Crippen LogP contribution in [0.25, 0.3) is 11.4 Å². The molecule has 1 saturated heterocycles. The third-order valence-electron chi connectivity index (χ3n) is 3.73. The first kappa shape index (κ1) is 13.3. The van der Waals surface area contributed by atoms with E-state index in [2.05, 4.69) is 15.0 Å². The Kier molecular flexibility index (Phi) is 3.80. The van der Waals surface area contributed by atoms with Crippen molar-refractivity contribution in [3.63, 3.8) is 0 Å². The van der Waals surface area contributed by atoms with Crippen LogP contribution in [0.5, 0.6) is 0 Å². The van der Waals surface area contributed by atoms with Crippen LogP contribution in [0.4, 0.5) is 0 Å². The molecule has 20 heavy (non-hydrogen) atoms. The van der Waals surface area contributed by atoms with E-state index >= 15 is 0 Å². The molecule has 1 aliphatic rings. The van der Waals surface area contributed by atoms with Gasteiger partial charge in [0.05, 0.1) is 6.54 Å². The summed E-state index contributed by atoms with van der Waals surface area (Å²) in [5.41, 5.74) is 2.16. The van der Waals surface area contributed by atoms with Crippen LogP contribution in [0.1, 0.15) is 17.9 Å². The maximum Gasteiger partial charge on any atom is 0.241 e. The van der Waals surface area contributed by atoms with E-state index in [4.69, 9.17) is 9.63 Å². The second-order valence-electron chi connectivity index (χ2n) is 5.45. The van der Waals surface area contributed by atoms with Crippen molar-refractivity contribution in [1.29, 1.82) is 0 Å². The van der Waals surface area contributed by atoms with Gasteiger partial charge in [-0.05, 0) is 31.9 Å². The lowest BCUT2D eigenvalue weighted by molar-refractivity contribution is 0.211. The standard InChI is InChI=1S/C15H19N3O2/c1-11-3-2-4-13(7-11)15-16-14(20-17-15)9-18-6-5-12(8-18)10-19/h2-4,7,12,19H,5-6,8-10H2,1H3. The van der Waals surface area contributed by atoms with Crippen molar-refractivity contribution in [2.75, 3.05) is 19.7 Å². The predicted octanol–water partition coefficient (Wildman–Crippen LogP) is 1.86. The third-order valence-corrected chi connectivity index (χ3v) is 3.73. The highest BCUT2D eigenvalue weighted by molar-refractivity contribution is 5.55. The summed E-state index contributed by atoms with van der Waals surface area (Å²) in [4.78, 5) is 6.70. The normalized spacial score (nSPS) is 19.6. The van der Waals surface area contributed by atoms with E-state index in [9.17, 15) is 0 Å². The van der Waals surface area contributed by atoms with Gasteiger partial charge in [-0.3, -0.25) is 4.90 Å². The van der Waals surface area contributed by atoms with E-state index in [0.717, 1.165) is 25.1 Å². The number of rotatable bonds is 4. The quantitative estimate of drug-likeness (QED) is 0.921. The number of benzene rings is 1. The first-order valence-corrected chi connectivity index (χ1v) is 6.97. The van der Waals surface area contributed by atoms with Gasteiger partial charge in [-0.25, -0.2) is 0 Å². The van der Waals surface area contributed by atoms with Gasteiger partial charge in [0.25, 0.3) is 0 Å². The fraction of sp³-hybridized carbons (Fsp3) is 0.467. The van der Waals surface area contributed by atoms with E-state index in [1.165, 1.54) is 5.56 Å². The lowest BCUT2D eigenvalue weighted by atomic mass is 10.1. The van der Waals surface area contributed by atoms with Crippen LogP contribution in [-0.2, 0) is 6.54 Å². The van der Waals surface area contributed by atoms with Gasteiger partial charge < -0.3 is 9.63 Å². The van der Waals surface area contributed by atoms with E-state index < -0.39 is 0 Å². The summed E-state index contributed by atoms with van der Waals surface area (Å²) in [6, 6.07) is 8.07. The molecule has 0 amide bonds. The minimum Gasteiger partial charge on any atom is -0.396 e. The van der Waals surface area contributed by atoms with Crippen molar-refractivity contribution in [1.82, 2.24) is 15.0 Å². The summed E-state index contributed by atoms with van der Waals surface area (Å²) >= 11 is 0. The number of aliphatic hydroxyl groups excluding tert-OH is 1. The maximum absolute atomic E-state index is 9.15. The van der Waals surface area contributed by atoms with Crippen molar-refractivity contribution in [3.05, 3.63) is 35.7 Å². The highest BCUT2D eigenvalue weighted by Crippen LogP contribution is 2.20. The molecule has 0 saturated carbocycles. The summed E-state index contributed by atoms with van der Waals surface area (Å²) in [7, 11) is 0. The predicted molar refractivity (Wildman–Crippen MR) is 74.9 cm³/mol. The van der Waals surface area contributed by atoms with Crippen LogP contribution < -0.4 is 0 Å². The van der Waals surface area contributed by atoms with Crippen molar-refractivity contribution in [2.45, 2.75) is 19.9 Å². The molecule has 0 aliphatic carbocycles. The van der Waals surface area contributed by atoms with Gasteiger partial charge in [0.15, 0.2) is 0 Å². The Labute approximate surface area is 118 Å². The first-order chi connectivity index (χ1) is 9.74. The van der Waals surface area contributed by atoms with Gasteiger partial charge >= 0.3 is 0 Å². The lowest BCUT2D eigenvalue weighted by Gasteiger charge is -2.11. The summed E-state index contributed by atoms with van der Waals surface area (Å²) in [6.07, 6.45) is 1.04. The van der Waals surface area contributed by atoms with Gasteiger partial charge in [-0.1, -0.05) is 28.9 Å². The third kappa shape index (κ3) is 2.89. The Hall–Kier alpha value is -1.72. The zero-order valence-corrected chi connectivity index (χ0v) is 11.6. The van der Waals surface area contributed by atoms with Gasteiger partial charge in [-0.2, -0.15) is 4.98 Å². The van der Waals surface area contributed by atoms with Gasteiger partial charge in [0.2, 0.25) is 11.7 Å². The van der Waals surface area contributed by atoms with E-state index in [1.807, 2.05) is 31.2 Å². The molecule has 1 aliphatic heterocycles. The fourth-order valence-corrected chi connectivity index (χ4v) is 2.62. The van der Waals surface area contributed by atoms with Crippen LogP contribution in [0.3, 0.4) is 0 Å². The largest absolute Gasteiger partial charge is 0.396 e. The van der Waals surface area contributed by atoms with Crippen LogP contribution in [-0.4, -0.2) is 39.8 Å². The second kappa shape index (κ2) is 5.73. The molecule has 1 N–H and O–H groups in total. The Balaban J connectivity index is 1.68. The molecule has 1 fully saturated rings. The molecule has 3 rings (SSSR count). The Morgan fingerprint density at radius 3 is 3.10 bits per heavy atom. The Bertz CT molecular complexity index is 582. The van der Waals surface area contributed by atoms with Crippen molar-refractivity contribution >= 4 is 0 Å². The number of aryl methyl sites for hydroxylation is 1.